The predicted molar refractivity (Wildman–Crippen MR) is 107 cm³/mol. The first-order valence-electron chi connectivity index (χ1n) is 8.09. The molecule has 0 saturated carbocycles. The van der Waals surface area contributed by atoms with Crippen LogP contribution in [0.4, 0.5) is 10.8 Å². The molecule has 0 amide bonds. The van der Waals surface area contributed by atoms with Crippen LogP contribution in [0.3, 0.4) is 0 Å². The van der Waals surface area contributed by atoms with E-state index in [9.17, 15) is 0 Å². The third kappa shape index (κ3) is 2.78. The van der Waals surface area contributed by atoms with E-state index >= 15 is 0 Å². The van der Waals surface area contributed by atoms with Gasteiger partial charge in [0, 0.05) is 28.6 Å². The van der Waals surface area contributed by atoms with Crippen LogP contribution < -0.4 is 19.5 Å². The summed E-state index contributed by atoms with van der Waals surface area (Å²) in [6.45, 7) is 0. The maximum Gasteiger partial charge on any atom is 0.188 e. The molecule has 0 unspecified atom stereocenters. The molecule has 1 aromatic heterocycles. The van der Waals surface area contributed by atoms with Crippen LogP contribution in [-0.2, 0) is 0 Å². The highest BCUT2D eigenvalue weighted by molar-refractivity contribution is 7.22. The Balaban J connectivity index is 1.77. The fourth-order valence-corrected chi connectivity index (χ4v) is 3.87. The SMILES string of the molecule is COc1cc2nc(Nc3ccc(OC)c4ccccc34)sc2cc1OC. The smallest absolute Gasteiger partial charge is 0.188 e. The summed E-state index contributed by atoms with van der Waals surface area (Å²) in [6.07, 6.45) is 0. The molecule has 4 rings (SSSR count). The molecule has 26 heavy (non-hydrogen) atoms. The molecule has 5 nitrogen and oxygen atoms in total. The molecular formula is C20H18N2O3S. The zero-order valence-electron chi connectivity index (χ0n) is 14.7. The molecule has 0 atom stereocenters. The van der Waals surface area contributed by atoms with Crippen molar-refractivity contribution in [3.05, 3.63) is 48.5 Å². The van der Waals surface area contributed by atoms with Crippen molar-refractivity contribution in [2.45, 2.75) is 0 Å². The summed E-state index contributed by atoms with van der Waals surface area (Å²) in [5.41, 5.74) is 1.85. The number of methoxy groups -OCH3 is 3. The van der Waals surface area contributed by atoms with E-state index in [0.29, 0.717) is 11.5 Å². The van der Waals surface area contributed by atoms with Gasteiger partial charge in [-0.25, -0.2) is 4.98 Å². The van der Waals surface area contributed by atoms with Gasteiger partial charge in [-0.05, 0) is 12.1 Å². The third-order valence-electron chi connectivity index (χ3n) is 4.24. The van der Waals surface area contributed by atoms with Gasteiger partial charge in [-0.1, -0.05) is 35.6 Å². The van der Waals surface area contributed by atoms with Gasteiger partial charge >= 0.3 is 0 Å². The van der Waals surface area contributed by atoms with Gasteiger partial charge in [-0.15, -0.1) is 0 Å². The van der Waals surface area contributed by atoms with Crippen LogP contribution in [0.5, 0.6) is 17.2 Å². The molecule has 0 radical (unpaired) electrons. The summed E-state index contributed by atoms with van der Waals surface area (Å²) in [5.74, 6) is 2.22. The summed E-state index contributed by atoms with van der Waals surface area (Å²) in [5, 5.41) is 6.39. The van der Waals surface area contributed by atoms with Crippen molar-refractivity contribution in [3.8, 4) is 17.2 Å². The summed E-state index contributed by atoms with van der Waals surface area (Å²) >= 11 is 1.57. The minimum atomic E-state index is 0.673. The first-order chi connectivity index (χ1) is 12.7. The van der Waals surface area contributed by atoms with Crippen LogP contribution in [0, 0.1) is 0 Å². The van der Waals surface area contributed by atoms with E-state index < -0.39 is 0 Å². The fraction of sp³-hybridized carbons (Fsp3) is 0.150. The van der Waals surface area contributed by atoms with Crippen molar-refractivity contribution < 1.29 is 14.2 Å². The van der Waals surface area contributed by atoms with Crippen LogP contribution in [-0.4, -0.2) is 26.3 Å². The Kier molecular flexibility index (Phi) is 4.26. The molecule has 0 saturated heterocycles. The van der Waals surface area contributed by atoms with E-state index in [-0.39, 0.29) is 0 Å². The zero-order chi connectivity index (χ0) is 18.1. The largest absolute Gasteiger partial charge is 0.496 e. The number of hydrogen-bond donors (Lipinski definition) is 1. The Morgan fingerprint density at radius 1 is 0.808 bits per heavy atom. The lowest BCUT2D eigenvalue weighted by molar-refractivity contribution is 0.356. The molecule has 0 aliphatic carbocycles. The number of fused-ring (bicyclic) bond motifs is 2. The van der Waals surface area contributed by atoms with Crippen LogP contribution in [0.15, 0.2) is 48.5 Å². The van der Waals surface area contributed by atoms with Gasteiger partial charge < -0.3 is 19.5 Å². The Bertz CT molecular complexity index is 1050. The Hall–Kier alpha value is -2.99. The van der Waals surface area contributed by atoms with Gasteiger partial charge in [-0.2, -0.15) is 0 Å². The number of nitrogens with one attached hydrogen (secondary N) is 1. The molecule has 0 aliphatic rings. The summed E-state index contributed by atoms with van der Waals surface area (Å²) < 4.78 is 17.2. The highest BCUT2D eigenvalue weighted by Gasteiger charge is 2.12. The Morgan fingerprint density at radius 2 is 1.50 bits per heavy atom. The number of ether oxygens (including phenoxy) is 3. The monoisotopic (exact) mass is 366 g/mol. The molecule has 0 aliphatic heterocycles. The summed E-state index contributed by atoms with van der Waals surface area (Å²) in [4.78, 5) is 4.68. The van der Waals surface area contributed by atoms with E-state index in [1.54, 1.807) is 32.7 Å². The van der Waals surface area contributed by atoms with E-state index in [0.717, 1.165) is 37.6 Å². The minimum absolute atomic E-state index is 0.673. The van der Waals surface area contributed by atoms with Gasteiger partial charge in [0.2, 0.25) is 0 Å². The molecule has 1 N–H and O–H groups in total. The lowest BCUT2D eigenvalue weighted by Gasteiger charge is -2.10. The molecule has 0 spiro atoms. The summed E-state index contributed by atoms with van der Waals surface area (Å²) in [6, 6.07) is 15.9. The zero-order valence-corrected chi connectivity index (χ0v) is 15.5. The topological polar surface area (TPSA) is 52.6 Å². The molecular weight excluding hydrogens is 348 g/mol. The quantitative estimate of drug-likeness (QED) is 0.525. The summed E-state index contributed by atoms with van der Waals surface area (Å²) in [7, 11) is 4.94. The van der Waals surface area contributed by atoms with Crippen LogP contribution >= 0.6 is 11.3 Å². The van der Waals surface area contributed by atoms with Crippen LogP contribution in [0.2, 0.25) is 0 Å². The van der Waals surface area contributed by atoms with Crippen molar-refractivity contribution in [1.29, 1.82) is 0 Å². The Morgan fingerprint density at radius 3 is 2.23 bits per heavy atom. The number of hydrogen-bond acceptors (Lipinski definition) is 6. The standard InChI is InChI=1S/C20H18N2O3S/c1-23-16-9-8-14(12-6-4-5-7-13(12)16)21-20-22-15-10-17(24-2)18(25-3)11-19(15)26-20/h4-11H,1-3H3,(H,21,22). The van der Waals surface area contributed by atoms with Gasteiger partial charge in [0.1, 0.15) is 5.75 Å². The third-order valence-corrected chi connectivity index (χ3v) is 5.17. The fourth-order valence-electron chi connectivity index (χ4n) is 2.98. The predicted octanol–water partition coefficient (Wildman–Crippen LogP) is 5.22. The lowest BCUT2D eigenvalue weighted by atomic mass is 10.1. The van der Waals surface area contributed by atoms with Crippen molar-refractivity contribution in [3.63, 3.8) is 0 Å². The Labute approximate surface area is 155 Å². The van der Waals surface area contributed by atoms with Gasteiger partial charge in [0.05, 0.1) is 31.5 Å². The average Bonchev–Trinajstić information content (AvgIpc) is 3.08. The lowest BCUT2D eigenvalue weighted by Crippen LogP contribution is -1.92. The van der Waals surface area contributed by atoms with Crippen molar-refractivity contribution >= 4 is 43.1 Å². The number of rotatable bonds is 5. The van der Waals surface area contributed by atoms with E-state index in [1.165, 1.54) is 0 Å². The van der Waals surface area contributed by atoms with Crippen LogP contribution in [0.25, 0.3) is 21.0 Å². The first-order valence-corrected chi connectivity index (χ1v) is 8.90. The molecule has 0 bridgehead atoms. The average molecular weight is 366 g/mol. The van der Waals surface area contributed by atoms with E-state index in [4.69, 9.17) is 14.2 Å². The maximum absolute atomic E-state index is 5.46. The molecule has 3 aromatic carbocycles. The highest BCUT2D eigenvalue weighted by Crippen LogP contribution is 2.38. The first kappa shape index (κ1) is 16.5. The second-order valence-electron chi connectivity index (χ2n) is 5.68. The normalized spacial score (nSPS) is 10.9. The second kappa shape index (κ2) is 6.72. The van der Waals surface area contributed by atoms with Crippen molar-refractivity contribution in [1.82, 2.24) is 4.98 Å². The van der Waals surface area contributed by atoms with Crippen molar-refractivity contribution in [2.24, 2.45) is 0 Å². The molecule has 4 aromatic rings. The van der Waals surface area contributed by atoms with Gasteiger partial charge in [-0.3, -0.25) is 0 Å². The van der Waals surface area contributed by atoms with Gasteiger partial charge in [0.15, 0.2) is 16.6 Å². The number of nitrogens with zero attached hydrogens (tertiary/aromatic N) is 1. The van der Waals surface area contributed by atoms with Crippen molar-refractivity contribution in [2.75, 3.05) is 26.6 Å². The molecule has 6 heteroatoms. The second-order valence-corrected chi connectivity index (χ2v) is 6.71. The molecule has 0 fully saturated rings. The minimum Gasteiger partial charge on any atom is -0.496 e. The number of benzene rings is 3. The maximum atomic E-state index is 5.46. The van der Waals surface area contributed by atoms with E-state index in [2.05, 4.69) is 16.4 Å². The van der Waals surface area contributed by atoms with Crippen LogP contribution in [0.1, 0.15) is 0 Å². The van der Waals surface area contributed by atoms with Gasteiger partial charge in [0.25, 0.3) is 0 Å². The molecule has 1 heterocycles. The number of aromatic nitrogens is 1. The highest BCUT2D eigenvalue weighted by atomic mass is 32.1. The number of thiazole rings is 1. The molecule has 132 valence electrons. The van der Waals surface area contributed by atoms with E-state index in [1.807, 2.05) is 42.5 Å². The number of anilines is 2.